The molecular formula is C58H51N. The first-order valence-electron chi connectivity index (χ1n) is 20.7. The van der Waals surface area contributed by atoms with Crippen LogP contribution in [0.4, 0.5) is 17.1 Å². The maximum absolute atomic E-state index is 2.31. The van der Waals surface area contributed by atoms with Crippen LogP contribution in [0, 0.1) is 27.7 Å². The zero-order valence-electron chi connectivity index (χ0n) is 34.5. The Hall–Kier alpha value is -6.96. The minimum absolute atomic E-state index is 0.304. The molecule has 1 atom stereocenters. The second kappa shape index (κ2) is 18.1. The number of rotatable bonds is 12. The summed E-state index contributed by atoms with van der Waals surface area (Å²) in [5.41, 5.74) is 19.7. The van der Waals surface area contributed by atoms with Crippen LogP contribution < -0.4 is 4.90 Å². The molecule has 0 aliphatic carbocycles. The molecule has 1 nitrogen and oxygen atoms in total. The van der Waals surface area contributed by atoms with Crippen molar-refractivity contribution in [3.63, 3.8) is 0 Å². The highest BCUT2D eigenvalue weighted by molar-refractivity contribution is 5.79. The van der Waals surface area contributed by atoms with Gasteiger partial charge < -0.3 is 4.90 Å². The van der Waals surface area contributed by atoms with E-state index in [4.69, 9.17) is 0 Å². The summed E-state index contributed by atoms with van der Waals surface area (Å²) in [7, 11) is 0. The molecular weight excluding hydrogens is 711 g/mol. The van der Waals surface area contributed by atoms with Gasteiger partial charge in [-0.1, -0.05) is 204 Å². The first kappa shape index (κ1) is 38.9. The number of benzene rings is 8. The number of hydrogen-bond donors (Lipinski definition) is 0. The van der Waals surface area contributed by atoms with E-state index in [2.05, 4.69) is 251 Å². The Morgan fingerprint density at radius 3 is 0.966 bits per heavy atom. The minimum atomic E-state index is 0.304. The van der Waals surface area contributed by atoms with E-state index in [0.29, 0.717) is 5.92 Å². The Morgan fingerprint density at radius 2 is 0.593 bits per heavy atom. The van der Waals surface area contributed by atoms with Gasteiger partial charge in [-0.25, -0.2) is 0 Å². The number of nitrogens with zero attached hydrogens (tertiary/aromatic N) is 1. The van der Waals surface area contributed by atoms with Crippen molar-refractivity contribution in [1.29, 1.82) is 0 Å². The van der Waals surface area contributed by atoms with Crippen molar-refractivity contribution >= 4 is 41.4 Å². The van der Waals surface area contributed by atoms with Crippen LogP contribution >= 0.6 is 0 Å². The Balaban J connectivity index is 0.900. The molecule has 8 aromatic rings. The highest BCUT2D eigenvalue weighted by Crippen LogP contribution is 2.35. The minimum Gasteiger partial charge on any atom is -0.311 e. The van der Waals surface area contributed by atoms with Gasteiger partial charge in [-0.15, -0.1) is 0 Å². The van der Waals surface area contributed by atoms with Crippen LogP contribution in [0.25, 0.3) is 35.4 Å². The van der Waals surface area contributed by atoms with Gasteiger partial charge in [0.1, 0.15) is 0 Å². The Bertz CT molecular complexity index is 2580. The summed E-state index contributed by atoms with van der Waals surface area (Å²) in [6, 6.07) is 70.9. The van der Waals surface area contributed by atoms with Crippen LogP contribution in [-0.4, -0.2) is 0 Å². The molecule has 0 aromatic heterocycles. The number of hydrogen-bond acceptors (Lipinski definition) is 1. The molecule has 0 N–H and O–H groups in total. The Kier molecular flexibility index (Phi) is 11.9. The van der Waals surface area contributed by atoms with Crippen molar-refractivity contribution in [2.24, 2.45) is 0 Å². The van der Waals surface area contributed by atoms with Gasteiger partial charge in [0.25, 0.3) is 0 Å². The van der Waals surface area contributed by atoms with Crippen LogP contribution in [0.15, 0.2) is 194 Å². The topological polar surface area (TPSA) is 3.24 Å². The van der Waals surface area contributed by atoms with Gasteiger partial charge >= 0.3 is 0 Å². The fraction of sp³-hybridized carbons (Fsp3) is 0.103. The second-order valence-electron chi connectivity index (χ2n) is 15.8. The lowest BCUT2D eigenvalue weighted by atomic mass is 9.85. The van der Waals surface area contributed by atoms with Crippen molar-refractivity contribution in [3.8, 4) is 11.1 Å². The maximum Gasteiger partial charge on any atom is 0.0462 e. The third-order valence-electron chi connectivity index (χ3n) is 11.2. The van der Waals surface area contributed by atoms with Gasteiger partial charge in [-0.2, -0.15) is 0 Å². The first-order chi connectivity index (χ1) is 28.8. The van der Waals surface area contributed by atoms with E-state index in [9.17, 15) is 0 Å². The summed E-state index contributed by atoms with van der Waals surface area (Å²) in [6.45, 7) is 8.55. The van der Waals surface area contributed by atoms with E-state index in [1.54, 1.807) is 0 Å². The first-order valence-corrected chi connectivity index (χ1v) is 20.7. The average molecular weight is 762 g/mol. The molecule has 59 heavy (non-hydrogen) atoms. The summed E-state index contributed by atoms with van der Waals surface area (Å²) in [5, 5.41) is 0. The fourth-order valence-corrected chi connectivity index (χ4v) is 7.55. The zero-order chi connectivity index (χ0) is 40.6. The van der Waals surface area contributed by atoms with Crippen molar-refractivity contribution in [1.82, 2.24) is 0 Å². The maximum atomic E-state index is 2.31. The molecule has 0 radical (unpaired) electrons. The monoisotopic (exact) mass is 761 g/mol. The molecule has 0 aliphatic rings. The Morgan fingerprint density at radius 1 is 0.322 bits per heavy atom. The van der Waals surface area contributed by atoms with E-state index < -0.39 is 0 Å². The molecule has 288 valence electrons. The molecule has 1 unspecified atom stereocenters. The van der Waals surface area contributed by atoms with Crippen LogP contribution in [0.5, 0.6) is 0 Å². The lowest BCUT2D eigenvalue weighted by Gasteiger charge is -2.25. The molecule has 8 aromatic carbocycles. The summed E-state index contributed by atoms with van der Waals surface area (Å²) >= 11 is 0. The van der Waals surface area contributed by atoms with Crippen LogP contribution in [0.3, 0.4) is 0 Å². The lowest BCUT2D eigenvalue weighted by Crippen LogP contribution is -2.09. The number of anilines is 3. The average Bonchev–Trinajstić information content (AvgIpc) is 3.27. The van der Waals surface area contributed by atoms with E-state index in [0.717, 1.165) is 29.0 Å². The third-order valence-corrected chi connectivity index (χ3v) is 11.2. The third kappa shape index (κ3) is 9.96. The van der Waals surface area contributed by atoms with Gasteiger partial charge in [0.2, 0.25) is 0 Å². The second-order valence-corrected chi connectivity index (χ2v) is 15.8. The molecule has 0 bridgehead atoms. The Labute approximate surface area is 351 Å². The van der Waals surface area contributed by atoms with E-state index >= 15 is 0 Å². The quantitative estimate of drug-likeness (QED) is 0.112. The van der Waals surface area contributed by atoms with Crippen molar-refractivity contribution in [2.75, 3.05) is 4.90 Å². The van der Waals surface area contributed by atoms with Crippen molar-refractivity contribution < 1.29 is 0 Å². The van der Waals surface area contributed by atoms with Crippen molar-refractivity contribution in [2.45, 2.75) is 40.0 Å². The van der Waals surface area contributed by atoms with Crippen LogP contribution in [0.1, 0.15) is 67.1 Å². The highest BCUT2D eigenvalue weighted by atomic mass is 15.1. The molecule has 0 spiro atoms. The predicted octanol–water partition coefficient (Wildman–Crippen LogP) is 15.8. The van der Waals surface area contributed by atoms with Gasteiger partial charge in [0, 0.05) is 23.0 Å². The van der Waals surface area contributed by atoms with Gasteiger partial charge in [0.05, 0.1) is 0 Å². The SMILES string of the molecule is Cc1ccc(CC(c2ccc(C)cc2)c2ccc(/C=C/c3ccc(-c4ccc(/C=C/c5ccc(N(c6ccc(C)cc6)c6ccc(C)cc6)cc5)cc4)cc3)cc2)cc1. The lowest BCUT2D eigenvalue weighted by molar-refractivity contribution is 0.804. The molecule has 8 rings (SSSR count). The fourth-order valence-electron chi connectivity index (χ4n) is 7.55. The summed E-state index contributed by atoms with van der Waals surface area (Å²) in [4.78, 5) is 2.31. The van der Waals surface area contributed by atoms with E-state index in [-0.39, 0.29) is 0 Å². The molecule has 1 heteroatoms. The van der Waals surface area contributed by atoms with Crippen LogP contribution in [-0.2, 0) is 6.42 Å². The number of aryl methyl sites for hydroxylation is 4. The molecule has 0 saturated heterocycles. The molecule has 0 fully saturated rings. The van der Waals surface area contributed by atoms with E-state index in [1.807, 2.05) is 0 Å². The normalized spacial score (nSPS) is 11.9. The van der Waals surface area contributed by atoms with Crippen molar-refractivity contribution in [3.05, 3.63) is 255 Å². The van der Waals surface area contributed by atoms with E-state index in [1.165, 1.54) is 66.8 Å². The van der Waals surface area contributed by atoms with Gasteiger partial charge in [0.15, 0.2) is 0 Å². The van der Waals surface area contributed by atoms with Gasteiger partial charge in [-0.3, -0.25) is 0 Å². The summed E-state index contributed by atoms with van der Waals surface area (Å²) in [6.07, 6.45) is 9.75. The predicted molar refractivity (Wildman–Crippen MR) is 255 cm³/mol. The summed E-state index contributed by atoms with van der Waals surface area (Å²) in [5.74, 6) is 0.304. The zero-order valence-corrected chi connectivity index (χ0v) is 34.5. The standard InChI is InChI=1S/C58H51N/c1-42-5-13-50(14-6-42)41-58(53-27-7-43(2)8-28-53)54-33-23-48(24-34-54)16-15-46-19-29-51(30-20-46)52-31-21-47(22-32-52)17-18-49-25-39-57(40-26-49)59(55-35-9-44(3)10-36-55)56-37-11-45(4)12-38-56/h5-40,58H,41H2,1-4H3/b16-15+,18-17+. The molecule has 0 aliphatic heterocycles. The largest absolute Gasteiger partial charge is 0.311 e. The molecule has 0 amide bonds. The molecule has 0 heterocycles. The highest BCUT2D eigenvalue weighted by Gasteiger charge is 2.16. The summed E-state index contributed by atoms with van der Waals surface area (Å²) < 4.78 is 0. The smallest absolute Gasteiger partial charge is 0.0462 e. The van der Waals surface area contributed by atoms with Crippen LogP contribution in [0.2, 0.25) is 0 Å². The molecule has 0 saturated carbocycles. The van der Waals surface area contributed by atoms with Gasteiger partial charge in [-0.05, 0) is 121 Å².